The minimum Gasteiger partial charge on any atom is -0.427 e. The Balaban J connectivity index is 3.29. The van der Waals surface area contributed by atoms with Gasteiger partial charge in [-0.05, 0) is 101 Å². The number of allylic oxidation sites excluding steroid dienone is 22. The van der Waals surface area contributed by atoms with Gasteiger partial charge in [0.15, 0.2) is 0 Å². The van der Waals surface area contributed by atoms with Crippen LogP contribution in [0.2, 0.25) is 0 Å². The molecule has 1 rings (SSSR count). The molecule has 0 aromatic rings. The Morgan fingerprint density at radius 1 is 1.08 bits per heavy atom. The molecule has 0 aromatic heterocycles. The van der Waals surface area contributed by atoms with Gasteiger partial charge in [0.05, 0.1) is 11.2 Å². The third kappa shape index (κ3) is 11.6. The maximum absolute atomic E-state index is 10.4. The van der Waals surface area contributed by atoms with E-state index in [1.807, 2.05) is 64.2 Å². The average Bonchev–Trinajstić information content (AvgIpc) is 3.18. The fourth-order valence-electron chi connectivity index (χ4n) is 3.45. The number of hydrogen-bond donors (Lipinski definition) is 1. The van der Waals surface area contributed by atoms with Crippen molar-refractivity contribution >= 4 is 7.48 Å². The molecule has 0 aromatic carbocycles. The molecule has 1 N–H and O–H groups in total. The van der Waals surface area contributed by atoms with E-state index >= 15 is 0 Å². The quantitative estimate of drug-likeness (QED) is 0.181. The highest BCUT2D eigenvalue weighted by atomic mass is 16.5. The van der Waals surface area contributed by atoms with E-state index in [4.69, 9.17) is 4.65 Å². The van der Waals surface area contributed by atoms with Crippen LogP contribution in [0.25, 0.3) is 0 Å². The highest BCUT2D eigenvalue weighted by Gasteiger charge is 2.35. The first-order valence-electron chi connectivity index (χ1n) is 13.9. The predicted octanol–water partition coefficient (Wildman–Crippen LogP) is 9.26. The van der Waals surface area contributed by atoms with E-state index in [0.717, 1.165) is 40.6 Å². The summed E-state index contributed by atoms with van der Waals surface area (Å²) in [5.41, 5.74) is 6.03. The topological polar surface area (TPSA) is 29.5 Å². The van der Waals surface area contributed by atoms with Gasteiger partial charge in [-0.1, -0.05) is 111 Å². The lowest BCUT2D eigenvalue weighted by Gasteiger charge is -2.37. The Morgan fingerprint density at radius 2 is 1.79 bits per heavy atom. The van der Waals surface area contributed by atoms with Crippen LogP contribution in [0.5, 0.6) is 0 Å². The highest BCUT2D eigenvalue weighted by Crippen LogP contribution is 2.27. The molecule has 0 atom stereocenters. The van der Waals surface area contributed by atoms with Gasteiger partial charge in [0.1, 0.15) is 0 Å². The Kier molecular flexibility index (Phi) is 14.6. The fraction of sp³-hybridized carbons (Fsp3) is 0.333. The first-order chi connectivity index (χ1) is 18.4. The predicted molar refractivity (Wildman–Crippen MR) is 175 cm³/mol. The molecule has 208 valence electrons. The zero-order chi connectivity index (χ0) is 29.5. The molecule has 0 bridgehead atoms. The molecular weight excluding hydrogens is 475 g/mol. The van der Waals surface area contributed by atoms with Gasteiger partial charge in [-0.25, -0.2) is 0 Å². The fourth-order valence-corrected chi connectivity index (χ4v) is 3.45. The molecule has 3 heteroatoms. The number of aliphatic hydroxyl groups is 1. The summed E-state index contributed by atoms with van der Waals surface area (Å²) in [7, 11) is 0.421. The van der Waals surface area contributed by atoms with Crippen molar-refractivity contribution in [2.45, 2.75) is 79.4 Å². The van der Waals surface area contributed by atoms with Crippen LogP contribution in [0.3, 0.4) is 0 Å². The molecular formula is C36H49BO2. The van der Waals surface area contributed by atoms with Gasteiger partial charge in [0.2, 0.25) is 0 Å². The van der Waals surface area contributed by atoms with E-state index in [-0.39, 0.29) is 0 Å². The standard InChI is InChI=1S/C36H49BO2/c1-11-15-22-30(12-2)33(27-31(13-3)32-23-18-16-17-19-24-32)26-29(6)28(5)21-20-25-34(14-4)37-39-36(9,10)35(7,8)38/h11-12,14-16,18-27,37-38H,2,6,13,17H2,1,3-5,7-10H3/b15-11-,25-20-,28-21+,30-22-,31-27+,33-26+,34-14+. The second kappa shape index (κ2) is 16.7. The molecule has 0 saturated heterocycles. The maximum Gasteiger partial charge on any atom is 0.309 e. The van der Waals surface area contributed by atoms with E-state index < -0.39 is 11.2 Å². The van der Waals surface area contributed by atoms with Gasteiger partial charge in [0.25, 0.3) is 0 Å². The van der Waals surface area contributed by atoms with Gasteiger partial charge >= 0.3 is 7.48 Å². The van der Waals surface area contributed by atoms with Crippen molar-refractivity contribution in [1.82, 2.24) is 0 Å². The molecule has 0 heterocycles. The molecule has 0 fully saturated rings. The van der Waals surface area contributed by atoms with E-state index in [1.165, 1.54) is 11.1 Å². The molecule has 0 aliphatic heterocycles. The van der Waals surface area contributed by atoms with E-state index in [2.05, 4.69) is 81.7 Å². The molecule has 2 nitrogen and oxygen atoms in total. The van der Waals surface area contributed by atoms with Crippen molar-refractivity contribution in [3.63, 3.8) is 0 Å². The van der Waals surface area contributed by atoms with Gasteiger partial charge in [-0.15, -0.1) is 0 Å². The van der Waals surface area contributed by atoms with Crippen molar-refractivity contribution in [3.8, 4) is 0 Å². The van der Waals surface area contributed by atoms with E-state index in [1.54, 1.807) is 13.8 Å². The Morgan fingerprint density at radius 3 is 2.38 bits per heavy atom. The van der Waals surface area contributed by atoms with Crippen molar-refractivity contribution < 1.29 is 9.76 Å². The zero-order valence-electron chi connectivity index (χ0n) is 25.6. The minimum atomic E-state index is -0.939. The largest absolute Gasteiger partial charge is 0.427 e. The molecule has 1 aliphatic carbocycles. The van der Waals surface area contributed by atoms with Gasteiger partial charge in [-0.2, -0.15) is 0 Å². The van der Waals surface area contributed by atoms with Crippen molar-refractivity contribution in [2.75, 3.05) is 0 Å². The minimum absolute atomic E-state index is 0.421. The van der Waals surface area contributed by atoms with Crippen LogP contribution in [-0.4, -0.2) is 23.8 Å². The Labute approximate surface area is 239 Å². The smallest absolute Gasteiger partial charge is 0.309 e. The Hall–Kier alpha value is -3.14. The lowest BCUT2D eigenvalue weighted by Crippen LogP contribution is -2.48. The second-order valence-electron chi connectivity index (χ2n) is 10.6. The number of rotatable bonds is 14. The van der Waals surface area contributed by atoms with Gasteiger partial charge in [0, 0.05) is 0 Å². The molecule has 0 spiro atoms. The zero-order valence-corrected chi connectivity index (χ0v) is 25.6. The lowest BCUT2D eigenvalue weighted by atomic mass is 9.82. The normalized spacial score (nSPS) is 16.6. The highest BCUT2D eigenvalue weighted by molar-refractivity contribution is 6.39. The molecule has 0 amide bonds. The molecule has 0 unspecified atom stereocenters. The second-order valence-corrected chi connectivity index (χ2v) is 10.6. The first kappa shape index (κ1) is 33.9. The SMILES string of the molecule is C=CC(=C/C=C\C)/C(/C=C(\CC)C1=CC=CCC=C1)=C/C(=C)/C(C)=C/C=C\C(BOC(C)(C)C(C)(C)O)=C/C. The van der Waals surface area contributed by atoms with Crippen LogP contribution in [-0.2, 0) is 4.65 Å². The van der Waals surface area contributed by atoms with Crippen LogP contribution in [0.1, 0.15) is 68.2 Å². The molecule has 39 heavy (non-hydrogen) atoms. The molecule has 0 saturated carbocycles. The summed E-state index contributed by atoms with van der Waals surface area (Å²) in [5, 5.41) is 10.4. The Bertz CT molecular complexity index is 1160. The summed E-state index contributed by atoms with van der Waals surface area (Å²) in [6.45, 7) is 24.0. The van der Waals surface area contributed by atoms with Gasteiger partial charge < -0.3 is 9.76 Å². The van der Waals surface area contributed by atoms with Crippen molar-refractivity contribution in [2.24, 2.45) is 0 Å². The van der Waals surface area contributed by atoms with Crippen LogP contribution in [0, 0.1) is 0 Å². The van der Waals surface area contributed by atoms with Crippen LogP contribution in [0.15, 0.2) is 143 Å². The van der Waals surface area contributed by atoms with E-state index in [9.17, 15) is 5.11 Å². The third-order valence-corrected chi connectivity index (χ3v) is 7.02. The maximum atomic E-state index is 10.4. The van der Waals surface area contributed by atoms with Crippen molar-refractivity contribution in [3.05, 3.63) is 143 Å². The lowest BCUT2D eigenvalue weighted by molar-refractivity contribution is -0.0896. The summed E-state index contributed by atoms with van der Waals surface area (Å²) in [6.07, 6.45) is 33.3. The van der Waals surface area contributed by atoms with Crippen LogP contribution >= 0.6 is 0 Å². The monoisotopic (exact) mass is 524 g/mol. The summed E-state index contributed by atoms with van der Waals surface area (Å²) < 4.78 is 6.02. The molecule has 0 radical (unpaired) electrons. The number of hydrogen-bond acceptors (Lipinski definition) is 2. The summed E-state index contributed by atoms with van der Waals surface area (Å²) in [6, 6.07) is 0. The first-order valence-corrected chi connectivity index (χ1v) is 13.9. The average molecular weight is 525 g/mol. The van der Waals surface area contributed by atoms with Crippen molar-refractivity contribution in [1.29, 1.82) is 0 Å². The van der Waals surface area contributed by atoms with Crippen LogP contribution in [0.4, 0.5) is 0 Å². The summed E-state index contributed by atoms with van der Waals surface area (Å²) in [5.74, 6) is 0. The summed E-state index contributed by atoms with van der Waals surface area (Å²) >= 11 is 0. The third-order valence-electron chi connectivity index (χ3n) is 7.02. The summed E-state index contributed by atoms with van der Waals surface area (Å²) in [4.78, 5) is 0. The van der Waals surface area contributed by atoms with Crippen LogP contribution < -0.4 is 0 Å². The van der Waals surface area contributed by atoms with E-state index in [0.29, 0.717) is 7.48 Å². The van der Waals surface area contributed by atoms with Gasteiger partial charge in [-0.3, -0.25) is 0 Å². The molecule has 1 aliphatic rings.